The molecule has 1 rings (SSSR count). The molecule has 0 bridgehead atoms. The van der Waals surface area contributed by atoms with E-state index < -0.39 is 0 Å². The lowest BCUT2D eigenvalue weighted by Crippen LogP contribution is -2.07. The van der Waals surface area contributed by atoms with Crippen LogP contribution in [0.4, 0.5) is 5.69 Å². The summed E-state index contributed by atoms with van der Waals surface area (Å²) in [6.07, 6.45) is 0.947. The lowest BCUT2D eigenvalue weighted by atomic mass is 10.1. The van der Waals surface area contributed by atoms with Crippen LogP contribution < -0.4 is 11.3 Å². The summed E-state index contributed by atoms with van der Waals surface area (Å²) in [5.74, 6) is 5.27. The van der Waals surface area contributed by atoms with E-state index in [9.17, 15) is 0 Å². The minimum atomic E-state index is 0.0581. The first-order valence-electron chi connectivity index (χ1n) is 4.00. The number of nitrogen functional groups attached to an aromatic ring is 1. The monoisotopic (exact) mass is 166 g/mol. The second-order valence-electron chi connectivity index (χ2n) is 2.69. The van der Waals surface area contributed by atoms with Gasteiger partial charge in [0.2, 0.25) is 0 Å². The van der Waals surface area contributed by atoms with Gasteiger partial charge in [0, 0.05) is 5.69 Å². The van der Waals surface area contributed by atoms with Crippen LogP contribution in [0.25, 0.3) is 0 Å². The first kappa shape index (κ1) is 9.03. The van der Waals surface area contributed by atoms with Gasteiger partial charge < -0.3 is 10.5 Å². The largest absolute Gasteiger partial charge is 0.392 e. The molecule has 0 unspecified atom stereocenters. The highest BCUT2D eigenvalue weighted by Crippen LogP contribution is 2.14. The van der Waals surface area contributed by atoms with Crippen LogP contribution in [0.15, 0.2) is 18.2 Å². The summed E-state index contributed by atoms with van der Waals surface area (Å²) in [6, 6.07) is 5.78. The molecule has 0 radical (unpaired) electrons. The first-order chi connectivity index (χ1) is 5.80. The van der Waals surface area contributed by atoms with Crippen molar-refractivity contribution < 1.29 is 5.11 Å². The molecule has 3 heteroatoms. The van der Waals surface area contributed by atoms with Crippen LogP contribution in [-0.2, 0) is 13.0 Å². The second kappa shape index (κ2) is 4.09. The molecule has 0 spiro atoms. The second-order valence-corrected chi connectivity index (χ2v) is 2.69. The van der Waals surface area contributed by atoms with E-state index in [1.54, 1.807) is 0 Å². The molecule has 1 aromatic carbocycles. The number of nitrogens with one attached hydrogen (secondary N) is 1. The highest BCUT2D eigenvalue weighted by Gasteiger charge is 1.97. The average molecular weight is 166 g/mol. The van der Waals surface area contributed by atoms with Crippen molar-refractivity contribution in [3.05, 3.63) is 29.3 Å². The number of benzene rings is 1. The third-order valence-corrected chi connectivity index (χ3v) is 1.81. The number of aryl methyl sites for hydroxylation is 1. The van der Waals surface area contributed by atoms with Crippen LogP contribution in [0.3, 0.4) is 0 Å². The van der Waals surface area contributed by atoms with E-state index in [2.05, 4.69) is 12.3 Å². The Hall–Kier alpha value is -1.06. The van der Waals surface area contributed by atoms with Crippen molar-refractivity contribution in [2.75, 3.05) is 5.43 Å². The number of anilines is 1. The van der Waals surface area contributed by atoms with Gasteiger partial charge in [-0.05, 0) is 29.7 Å². The summed E-state index contributed by atoms with van der Waals surface area (Å²) < 4.78 is 0. The number of hydrogen-bond donors (Lipinski definition) is 3. The maximum atomic E-state index is 8.91. The van der Waals surface area contributed by atoms with Crippen molar-refractivity contribution in [3.8, 4) is 0 Å². The summed E-state index contributed by atoms with van der Waals surface area (Å²) in [7, 11) is 0. The van der Waals surface area contributed by atoms with Crippen LogP contribution in [0, 0.1) is 0 Å². The highest BCUT2D eigenvalue weighted by molar-refractivity contribution is 5.47. The van der Waals surface area contributed by atoms with Gasteiger partial charge in [-0.15, -0.1) is 0 Å². The smallest absolute Gasteiger partial charge is 0.0682 e. The van der Waals surface area contributed by atoms with E-state index in [0.717, 1.165) is 17.7 Å². The molecule has 0 aliphatic heterocycles. The number of aliphatic hydroxyl groups is 1. The number of hydrogen-bond acceptors (Lipinski definition) is 3. The van der Waals surface area contributed by atoms with Crippen LogP contribution >= 0.6 is 0 Å². The lowest BCUT2D eigenvalue weighted by Gasteiger charge is -2.05. The fourth-order valence-electron chi connectivity index (χ4n) is 1.14. The van der Waals surface area contributed by atoms with E-state index in [-0.39, 0.29) is 6.61 Å². The van der Waals surface area contributed by atoms with E-state index >= 15 is 0 Å². The molecule has 0 fully saturated rings. The van der Waals surface area contributed by atoms with E-state index in [1.165, 1.54) is 5.56 Å². The molecule has 0 aliphatic carbocycles. The van der Waals surface area contributed by atoms with Gasteiger partial charge in [0.1, 0.15) is 0 Å². The summed E-state index contributed by atoms with van der Waals surface area (Å²) in [6.45, 7) is 2.12. The van der Waals surface area contributed by atoms with Crippen LogP contribution in [-0.4, -0.2) is 5.11 Å². The number of aliphatic hydroxyl groups excluding tert-OH is 1. The van der Waals surface area contributed by atoms with E-state index in [0.29, 0.717) is 0 Å². The van der Waals surface area contributed by atoms with E-state index in [1.807, 2.05) is 18.2 Å². The molecule has 0 saturated carbocycles. The summed E-state index contributed by atoms with van der Waals surface area (Å²) in [5.41, 5.74) is 5.48. The summed E-state index contributed by atoms with van der Waals surface area (Å²) >= 11 is 0. The van der Waals surface area contributed by atoms with Gasteiger partial charge in [-0.25, -0.2) is 0 Å². The predicted molar refractivity (Wildman–Crippen MR) is 49.6 cm³/mol. The van der Waals surface area contributed by atoms with Crippen molar-refractivity contribution in [1.82, 2.24) is 0 Å². The van der Waals surface area contributed by atoms with Crippen LogP contribution in [0.2, 0.25) is 0 Å². The van der Waals surface area contributed by atoms with Gasteiger partial charge in [-0.3, -0.25) is 5.84 Å². The number of rotatable bonds is 3. The molecule has 3 nitrogen and oxygen atoms in total. The fraction of sp³-hybridized carbons (Fsp3) is 0.333. The molecule has 12 heavy (non-hydrogen) atoms. The third kappa shape index (κ3) is 1.96. The van der Waals surface area contributed by atoms with Crippen LogP contribution in [0.1, 0.15) is 18.1 Å². The van der Waals surface area contributed by atoms with Gasteiger partial charge in [-0.2, -0.15) is 0 Å². The predicted octanol–water partition coefficient (Wildman–Crippen LogP) is 1.03. The average Bonchev–Trinajstić information content (AvgIpc) is 2.16. The molecular formula is C9H14N2O. The maximum absolute atomic E-state index is 8.91. The van der Waals surface area contributed by atoms with E-state index in [4.69, 9.17) is 10.9 Å². The van der Waals surface area contributed by atoms with Crippen molar-refractivity contribution in [2.24, 2.45) is 5.84 Å². The Morgan fingerprint density at radius 2 is 2.00 bits per heavy atom. The quantitative estimate of drug-likeness (QED) is 0.464. The topological polar surface area (TPSA) is 58.3 Å². The minimum absolute atomic E-state index is 0.0581. The Kier molecular flexibility index (Phi) is 3.08. The molecule has 0 amide bonds. The van der Waals surface area contributed by atoms with Gasteiger partial charge >= 0.3 is 0 Å². The lowest BCUT2D eigenvalue weighted by molar-refractivity contribution is 0.282. The molecule has 1 aromatic rings. The molecule has 0 saturated heterocycles. The van der Waals surface area contributed by atoms with Gasteiger partial charge in [0.05, 0.1) is 6.61 Å². The minimum Gasteiger partial charge on any atom is -0.392 e. The molecule has 0 heterocycles. The zero-order valence-corrected chi connectivity index (χ0v) is 7.17. The van der Waals surface area contributed by atoms with Crippen LogP contribution in [0.5, 0.6) is 0 Å². The van der Waals surface area contributed by atoms with Gasteiger partial charge in [0.25, 0.3) is 0 Å². The zero-order chi connectivity index (χ0) is 8.97. The molecule has 0 aromatic heterocycles. The van der Waals surface area contributed by atoms with Gasteiger partial charge in [-0.1, -0.05) is 13.0 Å². The zero-order valence-electron chi connectivity index (χ0n) is 7.17. The molecule has 0 atom stereocenters. The van der Waals surface area contributed by atoms with Gasteiger partial charge in [0.15, 0.2) is 0 Å². The molecule has 0 aliphatic rings. The van der Waals surface area contributed by atoms with Crippen molar-refractivity contribution >= 4 is 5.69 Å². The standard InChI is InChI=1S/C9H14N2O/c1-2-7-3-8(6-12)5-9(4-7)11-10/h3-5,11-12H,2,6,10H2,1H3. The molecule has 66 valence electrons. The summed E-state index contributed by atoms with van der Waals surface area (Å²) in [4.78, 5) is 0. The molecule has 4 N–H and O–H groups in total. The Labute approximate surface area is 72.2 Å². The maximum Gasteiger partial charge on any atom is 0.0682 e. The number of nitrogens with two attached hydrogens (primary N) is 1. The SMILES string of the molecule is CCc1cc(CO)cc(NN)c1. The normalized spacial score (nSPS) is 9.92. The highest BCUT2D eigenvalue weighted by atomic mass is 16.3. The van der Waals surface area contributed by atoms with Crippen molar-refractivity contribution in [2.45, 2.75) is 20.0 Å². The van der Waals surface area contributed by atoms with Crippen molar-refractivity contribution in [3.63, 3.8) is 0 Å². The Bertz CT molecular complexity index is 205. The number of hydrazine groups is 1. The Morgan fingerprint density at radius 3 is 2.50 bits per heavy atom. The Balaban J connectivity index is 3.01. The molecular weight excluding hydrogens is 152 g/mol. The third-order valence-electron chi connectivity index (χ3n) is 1.81. The fourth-order valence-corrected chi connectivity index (χ4v) is 1.14. The Morgan fingerprint density at radius 1 is 1.33 bits per heavy atom. The van der Waals surface area contributed by atoms with Crippen molar-refractivity contribution in [1.29, 1.82) is 0 Å². The summed E-state index contributed by atoms with van der Waals surface area (Å²) in [5, 5.41) is 8.91. The first-order valence-corrected chi connectivity index (χ1v) is 4.00.